The summed E-state index contributed by atoms with van der Waals surface area (Å²) in [5.74, 6) is 0.484. The molecule has 0 unspecified atom stereocenters. The summed E-state index contributed by atoms with van der Waals surface area (Å²) in [4.78, 5) is 4.44. The number of imidazole rings is 1. The summed E-state index contributed by atoms with van der Waals surface area (Å²) in [6.45, 7) is 0. The smallest absolute Gasteiger partial charge is 0.139 e. The van der Waals surface area contributed by atoms with Gasteiger partial charge in [-0.3, -0.25) is 4.57 Å². The van der Waals surface area contributed by atoms with Crippen molar-refractivity contribution in [2.24, 2.45) is 0 Å². The van der Waals surface area contributed by atoms with Gasteiger partial charge in [0.1, 0.15) is 11.6 Å². The molecule has 0 spiro atoms. The fourth-order valence-corrected chi connectivity index (χ4v) is 3.06. The van der Waals surface area contributed by atoms with Crippen molar-refractivity contribution in [3.05, 3.63) is 55.9 Å². The Labute approximate surface area is 147 Å². The Morgan fingerprint density at radius 2 is 1.90 bits per heavy atom. The molecule has 0 saturated heterocycles. The lowest BCUT2D eigenvalue weighted by Crippen LogP contribution is -1.99. The Kier molecular flexibility index (Phi) is 4.28. The van der Waals surface area contributed by atoms with Crippen molar-refractivity contribution in [2.75, 3.05) is 0 Å². The molecule has 0 N–H and O–H groups in total. The zero-order chi connectivity index (χ0) is 15.1. The van der Waals surface area contributed by atoms with Gasteiger partial charge < -0.3 is 0 Å². The molecule has 0 aliphatic rings. The summed E-state index contributed by atoms with van der Waals surface area (Å²) in [6.07, 6.45) is 0. The number of aromatic nitrogens is 2. The Balaban J connectivity index is 2.34. The zero-order valence-electron chi connectivity index (χ0n) is 10.4. The molecule has 1 aromatic heterocycles. The molecule has 0 aliphatic carbocycles. The van der Waals surface area contributed by atoms with Crippen LogP contribution in [0.4, 0.5) is 4.39 Å². The number of benzene rings is 2. The van der Waals surface area contributed by atoms with Crippen LogP contribution in [0.25, 0.3) is 16.7 Å². The molecule has 21 heavy (non-hydrogen) atoms. The van der Waals surface area contributed by atoms with E-state index in [0.717, 1.165) is 10.2 Å². The first-order chi connectivity index (χ1) is 10.0. The molecular formula is C14H7Br2Cl2FN2. The summed E-state index contributed by atoms with van der Waals surface area (Å²) >= 11 is 18.6. The topological polar surface area (TPSA) is 17.8 Å². The third kappa shape index (κ3) is 2.72. The van der Waals surface area contributed by atoms with E-state index in [0.29, 0.717) is 26.4 Å². The molecule has 7 heteroatoms. The average Bonchev–Trinajstić information content (AvgIpc) is 2.80. The van der Waals surface area contributed by atoms with Crippen molar-refractivity contribution in [3.63, 3.8) is 0 Å². The van der Waals surface area contributed by atoms with Crippen LogP contribution in [0.1, 0.15) is 5.82 Å². The molecule has 3 aromatic rings. The number of fused-ring (bicyclic) bond motifs is 1. The summed E-state index contributed by atoms with van der Waals surface area (Å²) in [5, 5.41) is 0.562. The molecule has 1 heterocycles. The van der Waals surface area contributed by atoms with Crippen molar-refractivity contribution in [2.45, 2.75) is 5.88 Å². The quantitative estimate of drug-likeness (QED) is 0.431. The summed E-state index contributed by atoms with van der Waals surface area (Å²) in [5.41, 5.74) is 2.09. The van der Waals surface area contributed by atoms with Gasteiger partial charge in [0, 0.05) is 16.2 Å². The normalized spacial score (nSPS) is 11.3. The zero-order valence-corrected chi connectivity index (χ0v) is 15.1. The van der Waals surface area contributed by atoms with Gasteiger partial charge in [0.25, 0.3) is 0 Å². The molecule has 0 bridgehead atoms. The highest BCUT2D eigenvalue weighted by Crippen LogP contribution is 2.30. The van der Waals surface area contributed by atoms with Gasteiger partial charge in [0.15, 0.2) is 0 Å². The minimum absolute atomic E-state index is 0.210. The number of rotatable bonds is 2. The minimum atomic E-state index is -0.354. The maximum absolute atomic E-state index is 13.8. The lowest BCUT2D eigenvalue weighted by atomic mass is 10.2. The van der Waals surface area contributed by atoms with Crippen LogP contribution in [0.5, 0.6) is 0 Å². The molecule has 0 radical (unpaired) electrons. The first-order valence-corrected chi connectivity index (χ1v) is 8.39. The van der Waals surface area contributed by atoms with Crippen molar-refractivity contribution < 1.29 is 4.39 Å². The van der Waals surface area contributed by atoms with E-state index in [4.69, 9.17) is 23.2 Å². The van der Waals surface area contributed by atoms with Crippen molar-refractivity contribution in [3.8, 4) is 5.69 Å². The Morgan fingerprint density at radius 1 is 1.14 bits per heavy atom. The van der Waals surface area contributed by atoms with Crippen LogP contribution in [-0.4, -0.2) is 9.55 Å². The van der Waals surface area contributed by atoms with Crippen LogP contribution < -0.4 is 0 Å². The van der Waals surface area contributed by atoms with Gasteiger partial charge in [-0.1, -0.05) is 11.6 Å². The van der Waals surface area contributed by atoms with Crippen LogP contribution in [-0.2, 0) is 5.88 Å². The van der Waals surface area contributed by atoms with Gasteiger partial charge in [-0.2, -0.15) is 0 Å². The first-order valence-electron chi connectivity index (χ1n) is 5.89. The first kappa shape index (κ1) is 15.3. The fourth-order valence-electron chi connectivity index (χ4n) is 2.12. The molecule has 0 aliphatic heterocycles. The molecule has 108 valence electrons. The number of hydrogen-bond acceptors (Lipinski definition) is 1. The second-order valence-corrected chi connectivity index (χ2v) is 6.73. The van der Waals surface area contributed by atoms with E-state index in [1.807, 2.05) is 12.1 Å². The Morgan fingerprint density at radius 3 is 2.57 bits per heavy atom. The van der Waals surface area contributed by atoms with Crippen LogP contribution in [0.2, 0.25) is 5.02 Å². The summed E-state index contributed by atoms with van der Waals surface area (Å²) in [6, 6.07) is 8.54. The van der Waals surface area contributed by atoms with Gasteiger partial charge in [0.05, 0.1) is 26.4 Å². The van der Waals surface area contributed by atoms with E-state index in [1.165, 1.54) is 6.07 Å². The second kappa shape index (κ2) is 5.88. The molecule has 2 nitrogen and oxygen atoms in total. The van der Waals surface area contributed by atoms with Crippen molar-refractivity contribution in [1.82, 2.24) is 9.55 Å². The number of alkyl halides is 1. The van der Waals surface area contributed by atoms with Gasteiger partial charge >= 0.3 is 0 Å². The number of hydrogen-bond donors (Lipinski definition) is 0. The van der Waals surface area contributed by atoms with E-state index in [9.17, 15) is 4.39 Å². The standard InChI is InChI=1S/C14H7Br2Cl2FN2/c15-8-2-1-7(3-10(8)18)21-13-5-11(19)9(16)4-12(13)20-14(21)6-17/h1-5H,6H2. The molecule has 2 aromatic carbocycles. The maximum Gasteiger partial charge on any atom is 0.139 e. The van der Waals surface area contributed by atoms with Gasteiger partial charge in [0.2, 0.25) is 0 Å². The predicted octanol–water partition coefficient (Wildman–Crippen LogP) is 6.08. The van der Waals surface area contributed by atoms with E-state index < -0.39 is 0 Å². The average molecular weight is 453 g/mol. The van der Waals surface area contributed by atoms with Crippen molar-refractivity contribution in [1.29, 1.82) is 0 Å². The number of halogens is 5. The fraction of sp³-hybridized carbons (Fsp3) is 0.0714. The Hall–Kier alpha value is -0.620. The third-order valence-corrected chi connectivity index (χ3v) is 5.13. The highest BCUT2D eigenvalue weighted by atomic mass is 79.9. The largest absolute Gasteiger partial charge is 0.295 e. The Bertz CT molecular complexity index is 849. The predicted molar refractivity (Wildman–Crippen MR) is 91.0 cm³/mol. The molecule has 0 fully saturated rings. The SMILES string of the molecule is Fc1cc2c(cc1Br)nc(CCl)n2-c1ccc(Br)c(Cl)c1. The maximum atomic E-state index is 13.8. The summed E-state index contributed by atoms with van der Waals surface area (Å²) < 4.78 is 16.8. The lowest BCUT2D eigenvalue weighted by Gasteiger charge is -2.09. The summed E-state index contributed by atoms with van der Waals surface area (Å²) in [7, 11) is 0. The lowest BCUT2D eigenvalue weighted by molar-refractivity contribution is 0.622. The van der Waals surface area contributed by atoms with E-state index in [1.54, 1.807) is 16.7 Å². The molecular weight excluding hydrogens is 446 g/mol. The molecule has 0 amide bonds. The second-order valence-electron chi connectivity index (χ2n) is 4.35. The van der Waals surface area contributed by atoms with Gasteiger partial charge in [-0.05, 0) is 56.1 Å². The van der Waals surface area contributed by atoms with Crippen molar-refractivity contribution >= 4 is 66.1 Å². The molecule has 0 atom stereocenters. The monoisotopic (exact) mass is 450 g/mol. The highest BCUT2D eigenvalue weighted by molar-refractivity contribution is 9.10. The molecule has 3 rings (SSSR count). The highest BCUT2D eigenvalue weighted by Gasteiger charge is 2.15. The van der Waals surface area contributed by atoms with E-state index in [-0.39, 0.29) is 11.7 Å². The van der Waals surface area contributed by atoms with Crippen LogP contribution in [0.3, 0.4) is 0 Å². The van der Waals surface area contributed by atoms with E-state index >= 15 is 0 Å². The van der Waals surface area contributed by atoms with Gasteiger partial charge in [-0.25, -0.2) is 9.37 Å². The minimum Gasteiger partial charge on any atom is -0.295 e. The number of nitrogens with zero attached hydrogens (tertiary/aromatic N) is 2. The van der Waals surface area contributed by atoms with Crippen LogP contribution >= 0.6 is 55.1 Å². The van der Waals surface area contributed by atoms with Crippen LogP contribution in [0.15, 0.2) is 39.3 Å². The molecule has 0 saturated carbocycles. The van der Waals surface area contributed by atoms with Gasteiger partial charge in [-0.15, -0.1) is 11.6 Å². The van der Waals surface area contributed by atoms with Crippen LogP contribution in [0, 0.1) is 5.82 Å². The third-order valence-electron chi connectivity index (χ3n) is 3.05. The van der Waals surface area contributed by atoms with E-state index in [2.05, 4.69) is 36.8 Å².